The van der Waals surface area contributed by atoms with E-state index in [1.165, 1.54) is 0 Å². The lowest BCUT2D eigenvalue weighted by molar-refractivity contribution is 0.0550. The van der Waals surface area contributed by atoms with E-state index >= 15 is 0 Å². The summed E-state index contributed by atoms with van der Waals surface area (Å²) < 4.78 is 15.8. The van der Waals surface area contributed by atoms with Gasteiger partial charge in [-0.1, -0.05) is 0 Å². The zero-order valence-electron chi connectivity index (χ0n) is 10.3. The molecule has 2 heterocycles. The van der Waals surface area contributed by atoms with Crippen molar-refractivity contribution in [2.24, 2.45) is 7.05 Å². The van der Waals surface area contributed by atoms with E-state index in [-0.39, 0.29) is 0 Å². The average molecular weight is 225 g/mol. The van der Waals surface area contributed by atoms with Crippen molar-refractivity contribution in [2.75, 3.05) is 13.1 Å². The van der Waals surface area contributed by atoms with Crippen LogP contribution in [-0.4, -0.2) is 33.4 Å². The molecule has 1 atom stereocenters. The minimum atomic E-state index is -1.02. The molecule has 0 aliphatic carbocycles. The first kappa shape index (κ1) is 11.6. The largest absolute Gasteiger partial charge is 0.294 e. The molecular weight excluding hydrogens is 205 g/mol. The molecule has 0 N–H and O–H groups in total. The van der Waals surface area contributed by atoms with Crippen molar-refractivity contribution in [2.45, 2.75) is 38.9 Å². The van der Waals surface area contributed by atoms with Crippen LogP contribution in [0, 0.1) is 6.92 Å². The lowest BCUT2D eigenvalue weighted by atomic mass is 9.97. The third-order valence-corrected chi connectivity index (χ3v) is 3.21. The monoisotopic (exact) mass is 225 g/mol. The van der Waals surface area contributed by atoms with Crippen LogP contribution in [0.15, 0.2) is 6.07 Å². The highest BCUT2D eigenvalue weighted by Crippen LogP contribution is 2.25. The van der Waals surface area contributed by atoms with Crippen LogP contribution in [0.2, 0.25) is 0 Å². The highest BCUT2D eigenvalue weighted by atomic mass is 19.1. The average Bonchev–Trinajstić information content (AvgIpc) is 2.43. The molecule has 0 radical (unpaired) electrons. The second-order valence-electron chi connectivity index (χ2n) is 5.13. The molecule has 1 aromatic heterocycles. The molecule has 90 valence electrons. The van der Waals surface area contributed by atoms with Gasteiger partial charge in [-0.15, -0.1) is 0 Å². The molecule has 3 nitrogen and oxygen atoms in total. The van der Waals surface area contributed by atoms with Gasteiger partial charge in [-0.2, -0.15) is 5.10 Å². The molecule has 0 saturated carbocycles. The van der Waals surface area contributed by atoms with Crippen molar-refractivity contribution >= 4 is 0 Å². The molecule has 1 aliphatic heterocycles. The molecule has 1 aromatic rings. The lowest BCUT2D eigenvalue weighted by Crippen LogP contribution is -2.43. The zero-order chi connectivity index (χ0) is 11.8. The predicted molar refractivity (Wildman–Crippen MR) is 62.0 cm³/mol. The first-order chi connectivity index (χ1) is 7.46. The Bertz CT molecular complexity index is 370. The van der Waals surface area contributed by atoms with Crippen LogP contribution in [0.1, 0.15) is 31.2 Å². The van der Waals surface area contributed by atoms with E-state index in [2.05, 4.69) is 16.1 Å². The van der Waals surface area contributed by atoms with E-state index in [9.17, 15) is 4.39 Å². The van der Waals surface area contributed by atoms with Gasteiger partial charge in [0.05, 0.1) is 11.4 Å². The third-order valence-electron chi connectivity index (χ3n) is 3.21. The maximum atomic E-state index is 13.9. The van der Waals surface area contributed by atoms with Crippen molar-refractivity contribution < 1.29 is 4.39 Å². The molecule has 1 aliphatic rings. The highest BCUT2D eigenvalue weighted by Gasteiger charge is 2.30. The van der Waals surface area contributed by atoms with Gasteiger partial charge in [0.25, 0.3) is 0 Å². The molecule has 1 saturated heterocycles. The number of alkyl halides is 1. The number of likely N-dealkylation sites (tertiary alicyclic amines) is 1. The fourth-order valence-corrected chi connectivity index (χ4v) is 2.47. The van der Waals surface area contributed by atoms with Gasteiger partial charge < -0.3 is 0 Å². The van der Waals surface area contributed by atoms with Gasteiger partial charge in [-0.3, -0.25) is 9.58 Å². The smallest absolute Gasteiger partial charge is 0.120 e. The van der Waals surface area contributed by atoms with Gasteiger partial charge in [0, 0.05) is 20.1 Å². The number of nitrogens with zero attached hydrogens (tertiary/aromatic N) is 3. The summed E-state index contributed by atoms with van der Waals surface area (Å²) >= 11 is 0. The highest BCUT2D eigenvalue weighted by molar-refractivity contribution is 5.08. The van der Waals surface area contributed by atoms with E-state index in [1.807, 2.05) is 18.7 Å². The molecule has 0 unspecified atom stereocenters. The lowest BCUT2D eigenvalue weighted by Gasteiger charge is -2.34. The summed E-state index contributed by atoms with van der Waals surface area (Å²) in [6.07, 6.45) is 1.64. The van der Waals surface area contributed by atoms with Crippen LogP contribution in [-0.2, 0) is 13.6 Å². The van der Waals surface area contributed by atoms with Crippen molar-refractivity contribution in [1.29, 1.82) is 0 Å². The summed E-state index contributed by atoms with van der Waals surface area (Å²) in [7, 11) is 1.95. The number of piperidine rings is 1. The fourth-order valence-electron chi connectivity index (χ4n) is 2.47. The van der Waals surface area contributed by atoms with E-state index in [1.54, 1.807) is 6.92 Å². The van der Waals surface area contributed by atoms with Crippen LogP contribution in [0.25, 0.3) is 0 Å². The summed E-state index contributed by atoms with van der Waals surface area (Å²) in [4.78, 5) is 2.18. The van der Waals surface area contributed by atoms with Crippen molar-refractivity contribution in [3.05, 3.63) is 17.5 Å². The Kier molecular flexibility index (Phi) is 3.02. The molecular formula is C12H20FN3. The number of hydrogen-bond acceptors (Lipinski definition) is 2. The molecule has 16 heavy (non-hydrogen) atoms. The van der Waals surface area contributed by atoms with E-state index in [0.717, 1.165) is 30.9 Å². The minimum Gasteiger partial charge on any atom is -0.294 e. The van der Waals surface area contributed by atoms with Gasteiger partial charge in [0.1, 0.15) is 5.67 Å². The van der Waals surface area contributed by atoms with Crippen molar-refractivity contribution in [3.8, 4) is 0 Å². The maximum absolute atomic E-state index is 13.9. The molecule has 0 bridgehead atoms. The first-order valence-corrected chi connectivity index (χ1v) is 5.87. The van der Waals surface area contributed by atoms with Gasteiger partial charge in [0.2, 0.25) is 0 Å². The Morgan fingerprint density at radius 1 is 1.56 bits per heavy atom. The third kappa shape index (κ3) is 2.61. The van der Waals surface area contributed by atoms with Crippen LogP contribution in [0.4, 0.5) is 4.39 Å². The Morgan fingerprint density at radius 2 is 2.31 bits per heavy atom. The summed E-state index contributed by atoms with van der Waals surface area (Å²) in [5, 5.41) is 4.31. The van der Waals surface area contributed by atoms with E-state index in [4.69, 9.17) is 0 Å². The summed E-state index contributed by atoms with van der Waals surface area (Å²) in [6.45, 7) is 6.02. The quantitative estimate of drug-likeness (QED) is 0.768. The number of aromatic nitrogens is 2. The first-order valence-electron chi connectivity index (χ1n) is 5.87. The van der Waals surface area contributed by atoms with E-state index in [0.29, 0.717) is 13.0 Å². The van der Waals surface area contributed by atoms with Gasteiger partial charge in [-0.25, -0.2) is 4.39 Å². The number of aryl methyl sites for hydroxylation is 2. The molecule has 0 aromatic carbocycles. The van der Waals surface area contributed by atoms with Crippen LogP contribution >= 0.6 is 0 Å². The molecule has 1 fully saturated rings. The van der Waals surface area contributed by atoms with Crippen molar-refractivity contribution in [1.82, 2.24) is 14.7 Å². The normalized spacial score (nSPS) is 27.2. The summed E-state index contributed by atoms with van der Waals surface area (Å²) in [5.41, 5.74) is 1.17. The van der Waals surface area contributed by atoms with Gasteiger partial charge >= 0.3 is 0 Å². The Balaban J connectivity index is 2.02. The van der Waals surface area contributed by atoms with Crippen LogP contribution < -0.4 is 0 Å². The molecule has 4 heteroatoms. The molecule has 2 rings (SSSR count). The SMILES string of the molecule is Cc1cc(CN2CCC[C@](C)(F)C2)n(C)n1. The molecule has 0 amide bonds. The van der Waals surface area contributed by atoms with E-state index < -0.39 is 5.67 Å². The molecule has 0 spiro atoms. The number of rotatable bonds is 2. The van der Waals surface area contributed by atoms with Gasteiger partial charge in [0.15, 0.2) is 0 Å². The predicted octanol–water partition coefficient (Wildman–Crippen LogP) is 2.05. The zero-order valence-corrected chi connectivity index (χ0v) is 10.3. The Labute approximate surface area is 96.2 Å². The summed E-state index contributed by atoms with van der Waals surface area (Å²) in [5.74, 6) is 0. The van der Waals surface area contributed by atoms with Crippen LogP contribution in [0.3, 0.4) is 0 Å². The number of hydrogen-bond donors (Lipinski definition) is 0. The van der Waals surface area contributed by atoms with Crippen LogP contribution in [0.5, 0.6) is 0 Å². The second kappa shape index (κ2) is 4.17. The number of halogens is 1. The standard InChI is InChI=1S/C12H20FN3/c1-10-7-11(15(3)14-10)8-16-6-4-5-12(2,13)9-16/h7H,4-6,8-9H2,1-3H3/t12-/m0/s1. The minimum absolute atomic E-state index is 0.539. The Morgan fingerprint density at radius 3 is 2.88 bits per heavy atom. The second-order valence-corrected chi connectivity index (χ2v) is 5.13. The van der Waals surface area contributed by atoms with Crippen molar-refractivity contribution in [3.63, 3.8) is 0 Å². The fraction of sp³-hybridized carbons (Fsp3) is 0.750. The topological polar surface area (TPSA) is 21.1 Å². The summed E-state index contributed by atoms with van der Waals surface area (Å²) in [6, 6.07) is 2.07. The maximum Gasteiger partial charge on any atom is 0.120 e. The van der Waals surface area contributed by atoms with Gasteiger partial charge in [-0.05, 0) is 39.3 Å². The Hall–Kier alpha value is -0.900.